The molecule has 0 radical (unpaired) electrons. The van der Waals surface area contributed by atoms with Gasteiger partial charge < -0.3 is 14.4 Å². The molecule has 41 heavy (non-hydrogen) atoms. The van der Waals surface area contributed by atoms with Crippen molar-refractivity contribution in [3.63, 3.8) is 0 Å². The second kappa shape index (κ2) is 14.2. The Morgan fingerprint density at radius 3 is 2.54 bits per heavy atom. The highest BCUT2D eigenvalue weighted by Gasteiger charge is 2.28. The molecule has 1 atom stereocenters. The summed E-state index contributed by atoms with van der Waals surface area (Å²) >= 11 is 7.81. The minimum atomic E-state index is -1.08. The predicted octanol–water partition coefficient (Wildman–Crippen LogP) is 4.87. The Morgan fingerprint density at radius 1 is 1.17 bits per heavy atom. The van der Waals surface area contributed by atoms with Gasteiger partial charge in [0.15, 0.2) is 5.15 Å². The summed E-state index contributed by atoms with van der Waals surface area (Å²) in [7, 11) is 1.66. The van der Waals surface area contributed by atoms with Crippen LogP contribution >= 0.6 is 23.5 Å². The van der Waals surface area contributed by atoms with E-state index in [4.69, 9.17) is 16.3 Å². The van der Waals surface area contributed by atoms with E-state index in [1.807, 2.05) is 53.1 Å². The van der Waals surface area contributed by atoms with Gasteiger partial charge in [0.05, 0.1) is 12.1 Å². The van der Waals surface area contributed by atoms with Gasteiger partial charge in [-0.25, -0.2) is 9.29 Å². The Morgan fingerprint density at radius 2 is 1.90 bits per heavy atom. The van der Waals surface area contributed by atoms with Gasteiger partial charge >= 0.3 is 11.9 Å². The third kappa shape index (κ3) is 7.51. The van der Waals surface area contributed by atoms with Crippen molar-refractivity contribution in [2.45, 2.75) is 51.8 Å². The molecule has 0 bridgehead atoms. The number of carbonyl (C=O) groups excluding carboxylic acids is 1. The predicted molar refractivity (Wildman–Crippen MR) is 157 cm³/mol. The van der Waals surface area contributed by atoms with E-state index in [0.29, 0.717) is 18.1 Å². The summed E-state index contributed by atoms with van der Waals surface area (Å²) in [5.41, 5.74) is 4.43. The highest BCUT2D eigenvalue weighted by Crippen LogP contribution is 2.30. The van der Waals surface area contributed by atoms with Crippen LogP contribution < -0.4 is 0 Å². The van der Waals surface area contributed by atoms with Crippen molar-refractivity contribution in [1.82, 2.24) is 34.5 Å². The number of nitrogens with zero attached hydrogens (tertiary/aromatic N) is 6. The summed E-state index contributed by atoms with van der Waals surface area (Å²) in [5.74, 6) is -0.390. The number of carboxylic acid groups (broad SMARTS) is 1. The number of carboxylic acids is 1. The van der Waals surface area contributed by atoms with Crippen molar-refractivity contribution < 1.29 is 19.4 Å². The number of unbranched alkanes of at least 4 members (excludes halogenated alkanes) is 1. The van der Waals surface area contributed by atoms with Gasteiger partial charge in [-0.15, -0.1) is 10.2 Å². The molecule has 2 aromatic heterocycles. The summed E-state index contributed by atoms with van der Waals surface area (Å²) in [6.07, 6.45) is 4.03. The number of benzene rings is 2. The van der Waals surface area contributed by atoms with Crippen molar-refractivity contribution in [2.24, 2.45) is 0 Å². The number of carbonyl (C=O) groups is 2. The number of aliphatic carboxylic acids is 1. The first-order valence-corrected chi connectivity index (χ1v) is 14.7. The third-order valence-corrected chi connectivity index (χ3v) is 7.83. The molecule has 4 rings (SSSR count). The first kappa shape index (κ1) is 30.2. The van der Waals surface area contributed by atoms with E-state index in [2.05, 4.69) is 32.5 Å². The molecule has 0 fully saturated rings. The summed E-state index contributed by atoms with van der Waals surface area (Å²) in [6, 6.07) is 15.1. The van der Waals surface area contributed by atoms with E-state index < -0.39 is 18.0 Å². The van der Waals surface area contributed by atoms with Crippen LogP contribution in [0, 0.1) is 0 Å². The minimum absolute atomic E-state index is 0.120. The fraction of sp³-hybridized carbons (Fsp3) is 0.357. The molecule has 2 heterocycles. The topological polar surface area (TPSA) is 139 Å². The van der Waals surface area contributed by atoms with Crippen LogP contribution in [0.4, 0.5) is 0 Å². The average molecular weight is 598 g/mol. The van der Waals surface area contributed by atoms with Crippen LogP contribution in [0.5, 0.6) is 0 Å². The molecule has 0 saturated heterocycles. The van der Waals surface area contributed by atoms with Crippen molar-refractivity contribution in [2.75, 3.05) is 13.3 Å². The zero-order valence-corrected chi connectivity index (χ0v) is 24.7. The molecule has 0 aliphatic rings. The summed E-state index contributed by atoms with van der Waals surface area (Å²) < 4.78 is 9.15. The van der Waals surface area contributed by atoms with Crippen molar-refractivity contribution in [1.29, 1.82) is 0 Å². The van der Waals surface area contributed by atoms with Gasteiger partial charge in [0.1, 0.15) is 18.5 Å². The molecule has 11 nitrogen and oxygen atoms in total. The van der Waals surface area contributed by atoms with Gasteiger partial charge in [0, 0.05) is 18.5 Å². The maximum Gasteiger partial charge on any atom is 0.325 e. The number of nitrogens with one attached hydrogen (secondary N) is 1. The van der Waals surface area contributed by atoms with Gasteiger partial charge in [0.25, 0.3) is 0 Å². The normalized spacial score (nSPS) is 12.0. The highest BCUT2D eigenvalue weighted by molar-refractivity contribution is 7.96. The zero-order valence-electron chi connectivity index (χ0n) is 23.1. The van der Waals surface area contributed by atoms with E-state index in [1.165, 1.54) is 11.9 Å². The van der Waals surface area contributed by atoms with Crippen molar-refractivity contribution in [3.05, 3.63) is 70.8 Å². The number of rotatable bonds is 14. The molecule has 0 amide bonds. The molecule has 4 aromatic rings. The number of tetrazole rings is 1. The number of H-pyrrole nitrogens is 1. The number of hydrogen-bond donors (Lipinski definition) is 2. The lowest BCUT2D eigenvalue weighted by Gasteiger charge is -2.22. The van der Waals surface area contributed by atoms with Gasteiger partial charge in [0.2, 0.25) is 5.82 Å². The number of hydrogen-bond acceptors (Lipinski definition) is 9. The van der Waals surface area contributed by atoms with Crippen molar-refractivity contribution >= 4 is 35.5 Å². The first-order valence-electron chi connectivity index (χ1n) is 13.1. The number of esters is 1. The lowest BCUT2D eigenvalue weighted by Crippen LogP contribution is -2.37. The van der Waals surface area contributed by atoms with Gasteiger partial charge in [-0.05, 0) is 41.6 Å². The Kier molecular flexibility index (Phi) is 10.5. The molecule has 0 aliphatic heterocycles. The van der Waals surface area contributed by atoms with E-state index in [0.717, 1.165) is 47.3 Å². The SMILES string of the molecule is CCCCc1nc(Cl)c(COC(=O)[C@H](CC(=O)O)N(C)SC)n1Cc1ccc(-c2ccccc2-c2nn[nH]n2)cc1. The number of aromatic nitrogens is 6. The number of aryl methyl sites for hydroxylation is 1. The van der Waals surface area contributed by atoms with Gasteiger partial charge in [-0.3, -0.25) is 9.59 Å². The molecule has 13 heteroatoms. The number of aromatic amines is 1. The summed E-state index contributed by atoms with van der Waals surface area (Å²) in [4.78, 5) is 28.8. The van der Waals surface area contributed by atoms with E-state index in [9.17, 15) is 14.7 Å². The quantitative estimate of drug-likeness (QED) is 0.153. The standard InChI is InChI=1S/C28H32ClN7O4S/c1-4-5-10-24-30-26(29)23(17-40-28(39)22(15-25(37)38)35(2)41-3)36(24)16-18-11-13-19(14-12-18)20-8-6-7-9-21(20)27-31-33-34-32-27/h6-9,11-14,22H,4-5,10,15-17H2,1-3H3,(H,37,38)(H,31,32,33,34)/t22-/m0/s1. The molecule has 2 aromatic carbocycles. The fourth-order valence-corrected chi connectivity index (χ4v) is 5.09. The van der Waals surface area contributed by atoms with Crippen LogP contribution in [-0.2, 0) is 33.9 Å². The zero-order chi connectivity index (χ0) is 29.4. The Bertz CT molecular complexity index is 1460. The number of imidazole rings is 1. The Labute approximate surface area is 247 Å². The maximum atomic E-state index is 12.9. The molecule has 0 spiro atoms. The average Bonchev–Trinajstić information content (AvgIpc) is 3.61. The second-order valence-corrected chi connectivity index (χ2v) is 10.7. The van der Waals surface area contributed by atoms with E-state index >= 15 is 0 Å². The van der Waals surface area contributed by atoms with Crippen LogP contribution in [-0.4, -0.2) is 70.9 Å². The Balaban J connectivity index is 1.57. The summed E-state index contributed by atoms with van der Waals surface area (Å²) in [6.45, 7) is 2.46. The second-order valence-electron chi connectivity index (χ2n) is 9.38. The number of ether oxygens (including phenoxy) is 1. The van der Waals surface area contributed by atoms with E-state index in [1.54, 1.807) is 17.6 Å². The largest absolute Gasteiger partial charge is 0.481 e. The van der Waals surface area contributed by atoms with Crippen LogP contribution in [0.3, 0.4) is 0 Å². The minimum Gasteiger partial charge on any atom is -0.481 e. The van der Waals surface area contributed by atoms with Crippen molar-refractivity contribution in [3.8, 4) is 22.5 Å². The van der Waals surface area contributed by atoms with Gasteiger partial charge in [-0.1, -0.05) is 85.4 Å². The highest BCUT2D eigenvalue weighted by atomic mass is 35.5. The monoisotopic (exact) mass is 597 g/mol. The Hall–Kier alpha value is -3.74. The third-order valence-electron chi connectivity index (χ3n) is 6.69. The summed E-state index contributed by atoms with van der Waals surface area (Å²) in [5, 5.41) is 24.0. The fourth-order valence-electron chi connectivity index (χ4n) is 4.42. The van der Waals surface area contributed by atoms with Crippen LogP contribution in [0.15, 0.2) is 48.5 Å². The molecule has 0 unspecified atom stereocenters. The van der Waals surface area contributed by atoms with E-state index in [-0.39, 0.29) is 18.2 Å². The molecular formula is C28H32ClN7O4S. The maximum absolute atomic E-state index is 12.9. The van der Waals surface area contributed by atoms with Crippen LogP contribution in [0.2, 0.25) is 5.15 Å². The van der Waals surface area contributed by atoms with Crippen LogP contribution in [0.1, 0.15) is 43.3 Å². The molecule has 0 saturated carbocycles. The first-order chi connectivity index (χ1) is 19.8. The lowest BCUT2D eigenvalue weighted by atomic mass is 9.98. The molecule has 2 N–H and O–H groups in total. The smallest absolute Gasteiger partial charge is 0.325 e. The number of halogens is 1. The molecule has 216 valence electrons. The lowest BCUT2D eigenvalue weighted by molar-refractivity contribution is -0.153. The number of likely N-dealkylation sites (N-methyl/N-ethyl adjacent to an activating group) is 1. The molecule has 0 aliphatic carbocycles. The molecular weight excluding hydrogens is 566 g/mol. The van der Waals surface area contributed by atoms with Gasteiger partial charge in [-0.2, -0.15) is 5.21 Å². The van der Waals surface area contributed by atoms with Crippen LogP contribution in [0.25, 0.3) is 22.5 Å².